The second-order valence-electron chi connectivity index (χ2n) is 8.41. The molecule has 2 saturated carbocycles. The van der Waals surface area contributed by atoms with Gasteiger partial charge in [0.1, 0.15) is 5.82 Å². The lowest BCUT2D eigenvalue weighted by molar-refractivity contribution is -0.131. The molecule has 1 aromatic rings. The normalized spacial score (nSPS) is 23.6. The van der Waals surface area contributed by atoms with Gasteiger partial charge in [-0.15, -0.1) is 0 Å². The summed E-state index contributed by atoms with van der Waals surface area (Å²) in [4.78, 5) is 25.0. The fourth-order valence-corrected chi connectivity index (χ4v) is 4.49. The van der Waals surface area contributed by atoms with Crippen LogP contribution in [0.1, 0.15) is 69.8 Å². The lowest BCUT2D eigenvalue weighted by Gasteiger charge is -2.28. The van der Waals surface area contributed by atoms with Crippen LogP contribution in [0.2, 0.25) is 0 Å². The lowest BCUT2D eigenvalue weighted by atomic mass is 9.81. The van der Waals surface area contributed by atoms with Gasteiger partial charge in [0, 0.05) is 24.4 Å². The fourth-order valence-electron chi connectivity index (χ4n) is 4.49. The third kappa shape index (κ3) is 6.32. The van der Waals surface area contributed by atoms with Crippen LogP contribution in [0.4, 0.5) is 4.39 Å². The second-order valence-corrected chi connectivity index (χ2v) is 8.41. The standard InChI is InChI=1S/C23H33FN2O2/c24-20-13-7-17(8-14-20)15-16-25-22(27)18-9-11-19(12-10-18)23(28)26-21-5-3-1-2-4-6-21/h7-8,13-14,18-19,21H,1-6,9-12,15-16H2,(H,25,27)(H,26,28). The van der Waals surface area contributed by atoms with E-state index < -0.39 is 0 Å². The van der Waals surface area contributed by atoms with Crippen molar-refractivity contribution in [3.63, 3.8) is 0 Å². The van der Waals surface area contributed by atoms with E-state index in [1.54, 1.807) is 12.1 Å². The van der Waals surface area contributed by atoms with Crippen molar-refractivity contribution < 1.29 is 14.0 Å². The average Bonchev–Trinajstić information content (AvgIpc) is 2.98. The zero-order valence-electron chi connectivity index (χ0n) is 16.7. The van der Waals surface area contributed by atoms with Gasteiger partial charge in [-0.05, 0) is 62.6 Å². The largest absolute Gasteiger partial charge is 0.356 e. The van der Waals surface area contributed by atoms with Crippen LogP contribution in [-0.4, -0.2) is 24.4 Å². The van der Waals surface area contributed by atoms with E-state index in [0.29, 0.717) is 19.0 Å². The van der Waals surface area contributed by atoms with Crippen LogP contribution in [0.15, 0.2) is 24.3 Å². The fraction of sp³-hybridized carbons (Fsp3) is 0.652. The highest BCUT2D eigenvalue weighted by molar-refractivity contribution is 5.81. The summed E-state index contributed by atoms with van der Waals surface area (Å²) >= 11 is 0. The number of hydrogen-bond acceptors (Lipinski definition) is 2. The zero-order chi connectivity index (χ0) is 19.8. The Balaban J connectivity index is 1.35. The first kappa shape index (κ1) is 20.8. The van der Waals surface area contributed by atoms with E-state index in [4.69, 9.17) is 0 Å². The Morgan fingerprint density at radius 2 is 1.39 bits per heavy atom. The number of carbonyl (C=O) groups is 2. The molecule has 0 unspecified atom stereocenters. The average molecular weight is 389 g/mol. The van der Waals surface area contributed by atoms with Gasteiger partial charge in [-0.25, -0.2) is 4.39 Å². The molecule has 0 bridgehead atoms. The van der Waals surface area contributed by atoms with Crippen LogP contribution < -0.4 is 10.6 Å². The highest BCUT2D eigenvalue weighted by Gasteiger charge is 2.30. The van der Waals surface area contributed by atoms with E-state index in [1.807, 2.05) is 0 Å². The van der Waals surface area contributed by atoms with Gasteiger partial charge in [0.2, 0.25) is 11.8 Å². The molecule has 2 aliphatic rings. The molecule has 0 radical (unpaired) electrons. The maximum absolute atomic E-state index is 12.9. The molecule has 3 rings (SSSR count). The molecule has 2 amide bonds. The Bertz CT molecular complexity index is 631. The first-order chi connectivity index (χ1) is 13.6. The van der Waals surface area contributed by atoms with Gasteiger partial charge in [-0.3, -0.25) is 9.59 Å². The van der Waals surface area contributed by atoms with Gasteiger partial charge >= 0.3 is 0 Å². The third-order valence-electron chi connectivity index (χ3n) is 6.30. The predicted octanol–water partition coefficient (Wildman–Crippen LogP) is 4.13. The summed E-state index contributed by atoms with van der Waals surface area (Å²) in [6, 6.07) is 6.73. The third-order valence-corrected chi connectivity index (χ3v) is 6.30. The Labute approximate surface area is 167 Å². The summed E-state index contributed by atoms with van der Waals surface area (Å²) in [5.74, 6) is 0.112. The highest BCUT2D eigenvalue weighted by atomic mass is 19.1. The van der Waals surface area contributed by atoms with Crippen molar-refractivity contribution in [2.75, 3.05) is 6.54 Å². The van der Waals surface area contributed by atoms with Crippen LogP contribution >= 0.6 is 0 Å². The molecule has 0 saturated heterocycles. The van der Waals surface area contributed by atoms with Crippen LogP contribution in [0.25, 0.3) is 0 Å². The minimum atomic E-state index is -0.243. The molecule has 0 heterocycles. The Kier molecular flexibility index (Phi) is 7.87. The summed E-state index contributed by atoms with van der Waals surface area (Å²) < 4.78 is 12.9. The van der Waals surface area contributed by atoms with Crippen molar-refractivity contribution in [2.45, 2.75) is 76.7 Å². The minimum absolute atomic E-state index is 0.00940. The quantitative estimate of drug-likeness (QED) is 0.720. The van der Waals surface area contributed by atoms with Gasteiger partial charge in [0.25, 0.3) is 0 Å². The molecular weight excluding hydrogens is 355 g/mol. The van der Waals surface area contributed by atoms with Crippen molar-refractivity contribution in [3.05, 3.63) is 35.6 Å². The van der Waals surface area contributed by atoms with E-state index in [9.17, 15) is 14.0 Å². The highest BCUT2D eigenvalue weighted by Crippen LogP contribution is 2.29. The molecule has 0 aliphatic heterocycles. The smallest absolute Gasteiger partial charge is 0.223 e. The number of rotatable bonds is 6. The number of halogens is 1. The lowest BCUT2D eigenvalue weighted by Crippen LogP contribution is -2.41. The molecule has 154 valence electrons. The molecular formula is C23H33FN2O2. The zero-order valence-corrected chi connectivity index (χ0v) is 16.7. The molecule has 0 spiro atoms. The second kappa shape index (κ2) is 10.6. The number of benzene rings is 1. The molecule has 2 fully saturated rings. The number of amides is 2. The van der Waals surface area contributed by atoms with Crippen LogP contribution in [0.3, 0.4) is 0 Å². The monoisotopic (exact) mass is 388 g/mol. The Morgan fingerprint density at radius 3 is 2.00 bits per heavy atom. The maximum atomic E-state index is 12.9. The topological polar surface area (TPSA) is 58.2 Å². The Morgan fingerprint density at radius 1 is 0.821 bits per heavy atom. The molecule has 0 atom stereocenters. The van der Waals surface area contributed by atoms with Crippen LogP contribution in [0, 0.1) is 17.7 Å². The molecule has 0 aromatic heterocycles. The van der Waals surface area contributed by atoms with E-state index >= 15 is 0 Å². The molecule has 2 aliphatic carbocycles. The van der Waals surface area contributed by atoms with Gasteiger partial charge in [0.15, 0.2) is 0 Å². The number of nitrogens with one attached hydrogen (secondary N) is 2. The molecule has 1 aromatic carbocycles. The van der Waals surface area contributed by atoms with E-state index in [1.165, 1.54) is 37.8 Å². The first-order valence-electron chi connectivity index (χ1n) is 10.9. The van der Waals surface area contributed by atoms with E-state index in [0.717, 1.165) is 44.1 Å². The van der Waals surface area contributed by atoms with Crippen LogP contribution in [0.5, 0.6) is 0 Å². The summed E-state index contributed by atoms with van der Waals surface area (Å²) in [6.45, 7) is 0.562. The van der Waals surface area contributed by atoms with Gasteiger partial charge in [-0.2, -0.15) is 0 Å². The van der Waals surface area contributed by atoms with Gasteiger partial charge in [0.05, 0.1) is 0 Å². The summed E-state index contributed by atoms with van der Waals surface area (Å²) in [7, 11) is 0. The summed E-state index contributed by atoms with van der Waals surface area (Å²) in [5.41, 5.74) is 1.01. The number of carbonyl (C=O) groups excluding carboxylic acids is 2. The number of hydrogen-bond donors (Lipinski definition) is 2. The van der Waals surface area contributed by atoms with Crippen molar-refractivity contribution in [3.8, 4) is 0 Å². The van der Waals surface area contributed by atoms with Crippen molar-refractivity contribution in [2.24, 2.45) is 11.8 Å². The van der Waals surface area contributed by atoms with Crippen LogP contribution in [-0.2, 0) is 16.0 Å². The Hall–Kier alpha value is -1.91. The molecule has 28 heavy (non-hydrogen) atoms. The van der Waals surface area contributed by atoms with Crippen molar-refractivity contribution >= 4 is 11.8 Å². The van der Waals surface area contributed by atoms with Crippen molar-refractivity contribution in [1.82, 2.24) is 10.6 Å². The minimum Gasteiger partial charge on any atom is -0.356 e. The summed E-state index contributed by atoms with van der Waals surface area (Å²) in [6.07, 6.45) is 11.1. The SMILES string of the molecule is O=C(NCCc1ccc(F)cc1)C1CCC(C(=O)NC2CCCCCC2)CC1. The van der Waals surface area contributed by atoms with Crippen molar-refractivity contribution in [1.29, 1.82) is 0 Å². The van der Waals surface area contributed by atoms with Gasteiger partial charge < -0.3 is 10.6 Å². The maximum Gasteiger partial charge on any atom is 0.223 e. The molecule has 4 nitrogen and oxygen atoms in total. The van der Waals surface area contributed by atoms with Gasteiger partial charge in [-0.1, -0.05) is 37.8 Å². The summed E-state index contributed by atoms with van der Waals surface area (Å²) in [5, 5.41) is 6.26. The molecule has 2 N–H and O–H groups in total. The first-order valence-corrected chi connectivity index (χ1v) is 10.9. The van der Waals surface area contributed by atoms with E-state index in [2.05, 4.69) is 10.6 Å². The molecule has 5 heteroatoms. The van der Waals surface area contributed by atoms with E-state index in [-0.39, 0.29) is 29.5 Å². The predicted molar refractivity (Wildman–Crippen MR) is 108 cm³/mol.